The van der Waals surface area contributed by atoms with Gasteiger partial charge in [-0.15, -0.1) is 0 Å². The Balaban J connectivity index is 1.82. The molecule has 0 saturated heterocycles. The first-order chi connectivity index (χ1) is 14.1. The Hall–Kier alpha value is -2.91. The van der Waals surface area contributed by atoms with E-state index < -0.39 is 29.5 Å². The summed E-state index contributed by atoms with van der Waals surface area (Å²) in [6, 6.07) is 6.45. The van der Waals surface area contributed by atoms with Crippen molar-refractivity contribution in [2.75, 3.05) is 25.6 Å². The summed E-state index contributed by atoms with van der Waals surface area (Å²) in [5, 5.41) is 2.24. The predicted octanol–water partition coefficient (Wildman–Crippen LogP) is 4.24. The molecule has 0 atom stereocenters. The van der Waals surface area contributed by atoms with Crippen LogP contribution in [0.15, 0.2) is 36.4 Å². The minimum absolute atomic E-state index is 0.00196. The summed E-state index contributed by atoms with van der Waals surface area (Å²) >= 11 is 5.90. The summed E-state index contributed by atoms with van der Waals surface area (Å²) in [7, 11) is 1.50. The van der Waals surface area contributed by atoms with Crippen molar-refractivity contribution in [3.8, 4) is 0 Å². The number of nitrogens with zero attached hydrogens (tertiary/aromatic N) is 1. The number of benzene rings is 2. The van der Waals surface area contributed by atoms with E-state index in [9.17, 15) is 27.6 Å². The molecular formula is C20H16ClF3N2O4. The number of imide groups is 1. The molecule has 0 fully saturated rings. The molecule has 30 heavy (non-hydrogen) atoms. The Labute approximate surface area is 174 Å². The molecule has 0 spiro atoms. The van der Waals surface area contributed by atoms with Gasteiger partial charge in [0, 0.05) is 25.8 Å². The number of hydrogen-bond acceptors (Lipinski definition) is 4. The number of nitrogens with one attached hydrogen (secondary N) is 1. The number of carbonyl (C=O) groups excluding carboxylic acids is 3. The number of carbonyl (C=O) groups is 3. The minimum atomic E-state index is -4.60. The molecule has 158 valence electrons. The fourth-order valence-electron chi connectivity index (χ4n) is 2.99. The first-order valence-electron chi connectivity index (χ1n) is 8.80. The molecule has 0 radical (unpaired) electrons. The number of halogens is 4. The van der Waals surface area contributed by atoms with Crippen LogP contribution in [0.1, 0.15) is 43.1 Å². The fraction of sp³-hybridized carbons (Fsp3) is 0.250. The van der Waals surface area contributed by atoms with Crippen molar-refractivity contribution >= 4 is 35.0 Å². The average Bonchev–Trinajstić information content (AvgIpc) is 2.93. The maximum absolute atomic E-state index is 12.9. The number of methoxy groups -OCH3 is 1. The molecule has 0 aliphatic carbocycles. The lowest BCUT2D eigenvalue weighted by Crippen LogP contribution is -2.31. The summed E-state index contributed by atoms with van der Waals surface area (Å²) in [6.07, 6.45) is -4.14. The third kappa shape index (κ3) is 4.31. The first kappa shape index (κ1) is 21.8. The minimum Gasteiger partial charge on any atom is -0.385 e. The number of ether oxygens (including phenoxy) is 1. The summed E-state index contributed by atoms with van der Waals surface area (Å²) in [4.78, 5) is 38.5. The Kier molecular flexibility index (Phi) is 6.14. The molecular weight excluding hydrogens is 425 g/mol. The van der Waals surface area contributed by atoms with Crippen LogP contribution < -0.4 is 5.32 Å². The van der Waals surface area contributed by atoms with E-state index in [0.29, 0.717) is 13.0 Å². The molecule has 0 unspecified atom stereocenters. The van der Waals surface area contributed by atoms with Crippen molar-refractivity contribution < 1.29 is 32.3 Å². The van der Waals surface area contributed by atoms with Crippen LogP contribution in [0.5, 0.6) is 0 Å². The van der Waals surface area contributed by atoms with Crippen LogP contribution in [0.2, 0.25) is 5.02 Å². The number of amides is 3. The number of hydrogen-bond donors (Lipinski definition) is 1. The number of rotatable bonds is 6. The van der Waals surface area contributed by atoms with Crippen LogP contribution in [0.4, 0.5) is 18.9 Å². The smallest absolute Gasteiger partial charge is 0.385 e. The van der Waals surface area contributed by atoms with Gasteiger partial charge in [0.05, 0.1) is 27.4 Å². The van der Waals surface area contributed by atoms with Gasteiger partial charge < -0.3 is 10.1 Å². The van der Waals surface area contributed by atoms with Crippen LogP contribution >= 0.6 is 11.6 Å². The lowest BCUT2D eigenvalue weighted by molar-refractivity contribution is -0.137. The largest absolute Gasteiger partial charge is 0.416 e. The van der Waals surface area contributed by atoms with Crippen LogP contribution in [0.25, 0.3) is 0 Å². The maximum atomic E-state index is 12.9. The Morgan fingerprint density at radius 3 is 2.47 bits per heavy atom. The van der Waals surface area contributed by atoms with Gasteiger partial charge in [0.25, 0.3) is 17.7 Å². The molecule has 0 saturated carbocycles. The monoisotopic (exact) mass is 440 g/mol. The van der Waals surface area contributed by atoms with Gasteiger partial charge in [-0.25, -0.2) is 0 Å². The molecule has 1 heterocycles. The van der Waals surface area contributed by atoms with E-state index in [1.807, 2.05) is 0 Å². The number of anilines is 1. The van der Waals surface area contributed by atoms with Crippen molar-refractivity contribution in [1.82, 2.24) is 4.90 Å². The molecule has 0 aromatic heterocycles. The first-order valence-corrected chi connectivity index (χ1v) is 9.18. The molecule has 1 N–H and O–H groups in total. The third-order valence-corrected chi connectivity index (χ3v) is 4.83. The second kappa shape index (κ2) is 8.45. The van der Waals surface area contributed by atoms with E-state index in [1.165, 1.54) is 25.3 Å². The molecule has 3 rings (SSSR count). The van der Waals surface area contributed by atoms with Gasteiger partial charge in [-0.05, 0) is 42.8 Å². The van der Waals surface area contributed by atoms with E-state index in [1.54, 1.807) is 0 Å². The molecule has 2 aromatic carbocycles. The lowest BCUT2D eigenvalue weighted by atomic mass is 10.1. The van der Waals surface area contributed by atoms with E-state index in [-0.39, 0.29) is 33.9 Å². The second-order valence-electron chi connectivity index (χ2n) is 6.52. The Morgan fingerprint density at radius 2 is 1.80 bits per heavy atom. The topological polar surface area (TPSA) is 75.7 Å². The number of fused-ring (bicyclic) bond motifs is 1. The van der Waals surface area contributed by atoms with Crippen molar-refractivity contribution in [2.24, 2.45) is 0 Å². The summed E-state index contributed by atoms with van der Waals surface area (Å²) in [5.74, 6) is -1.78. The zero-order valence-electron chi connectivity index (χ0n) is 15.7. The normalized spacial score (nSPS) is 13.6. The van der Waals surface area contributed by atoms with Gasteiger partial charge in [0.1, 0.15) is 0 Å². The summed E-state index contributed by atoms with van der Waals surface area (Å²) < 4.78 is 43.6. The SMILES string of the molecule is COCCCN1C(=O)c2ccc(C(=O)Nc3cc(C(F)(F)F)ccc3Cl)cc2C1=O. The van der Waals surface area contributed by atoms with Crippen molar-refractivity contribution in [3.05, 3.63) is 63.7 Å². The standard InChI is InChI=1S/C20H16ClF3N2O4/c1-30-8-2-7-26-18(28)13-5-3-11(9-14(13)19(26)29)17(27)25-16-10-12(20(22,23)24)4-6-15(16)21/h3-6,9-10H,2,7-8H2,1H3,(H,25,27). The molecule has 10 heteroatoms. The highest BCUT2D eigenvalue weighted by Crippen LogP contribution is 2.34. The van der Waals surface area contributed by atoms with E-state index in [4.69, 9.17) is 16.3 Å². The zero-order chi connectivity index (χ0) is 22.1. The van der Waals surface area contributed by atoms with Crippen LogP contribution in [0.3, 0.4) is 0 Å². The summed E-state index contributed by atoms with van der Waals surface area (Å²) in [5.41, 5.74) is -0.974. The van der Waals surface area contributed by atoms with Gasteiger partial charge >= 0.3 is 6.18 Å². The third-order valence-electron chi connectivity index (χ3n) is 4.50. The fourth-order valence-corrected chi connectivity index (χ4v) is 3.16. The van der Waals surface area contributed by atoms with E-state index in [2.05, 4.69) is 5.32 Å². The zero-order valence-corrected chi connectivity index (χ0v) is 16.4. The van der Waals surface area contributed by atoms with E-state index >= 15 is 0 Å². The molecule has 2 aromatic rings. The van der Waals surface area contributed by atoms with Crippen molar-refractivity contribution in [3.63, 3.8) is 0 Å². The second-order valence-corrected chi connectivity index (χ2v) is 6.92. The highest BCUT2D eigenvalue weighted by Gasteiger charge is 2.36. The molecule has 1 aliphatic rings. The maximum Gasteiger partial charge on any atom is 0.416 e. The quantitative estimate of drug-likeness (QED) is 0.538. The van der Waals surface area contributed by atoms with Crippen molar-refractivity contribution in [1.29, 1.82) is 0 Å². The van der Waals surface area contributed by atoms with Crippen molar-refractivity contribution in [2.45, 2.75) is 12.6 Å². The lowest BCUT2D eigenvalue weighted by Gasteiger charge is -2.12. The van der Waals surface area contributed by atoms with Gasteiger partial charge in [-0.1, -0.05) is 11.6 Å². The van der Waals surface area contributed by atoms with Crippen LogP contribution in [-0.2, 0) is 10.9 Å². The molecule has 1 aliphatic heterocycles. The highest BCUT2D eigenvalue weighted by atomic mass is 35.5. The van der Waals surface area contributed by atoms with Gasteiger partial charge in [0.2, 0.25) is 0 Å². The van der Waals surface area contributed by atoms with Gasteiger partial charge in [0.15, 0.2) is 0 Å². The Morgan fingerprint density at radius 1 is 1.10 bits per heavy atom. The molecule has 0 bridgehead atoms. The van der Waals surface area contributed by atoms with Gasteiger partial charge in [-0.3, -0.25) is 19.3 Å². The van der Waals surface area contributed by atoms with E-state index in [0.717, 1.165) is 23.1 Å². The number of alkyl halides is 3. The Bertz CT molecular complexity index is 1020. The van der Waals surface area contributed by atoms with Gasteiger partial charge in [-0.2, -0.15) is 13.2 Å². The molecule has 6 nitrogen and oxygen atoms in total. The average molecular weight is 441 g/mol. The van der Waals surface area contributed by atoms with Crippen LogP contribution in [-0.4, -0.2) is 42.9 Å². The van der Waals surface area contributed by atoms with Crippen LogP contribution in [0, 0.1) is 0 Å². The predicted molar refractivity (Wildman–Crippen MR) is 103 cm³/mol. The molecule has 3 amide bonds. The highest BCUT2D eigenvalue weighted by molar-refractivity contribution is 6.34. The summed E-state index contributed by atoms with van der Waals surface area (Å²) in [6.45, 7) is 0.542.